The molecule has 0 atom stereocenters. The van der Waals surface area contributed by atoms with E-state index in [0.29, 0.717) is 27.6 Å². The van der Waals surface area contributed by atoms with Crippen molar-refractivity contribution in [2.45, 2.75) is 5.33 Å². The van der Waals surface area contributed by atoms with E-state index in [1.54, 1.807) is 18.2 Å². The minimum Gasteiger partial charge on any atom is -0.465 e. The third-order valence-electron chi connectivity index (χ3n) is 2.63. The summed E-state index contributed by atoms with van der Waals surface area (Å²) in [5, 5.41) is 1.22. The van der Waals surface area contributed by atoms with Crippen LogP contribution < -0.4 is 0 Å². The van der Waals surface area contributed by atoms with Crippen LogP contribution in [0.1, 0.15) is 16.1 Å². The van der Waals surface area contributed by atoms with Gasteiger partial charge in [-0.2, -0.15) is 0 Å². The van der Waals surface area contributed by atoms with Gasteiger partial charge in [0.25, 0.3) is 0 Å². The van der Waals surface area contributed by atoms with Crippen LogP contribution >= 0.6 is 27.5 Å². The van der Waals surface area contributed by atoms with Crippen molar-refractivity contribution >= 4 is 50.1 Å². The van der Waals surface area contributed by atoms with Crippen LogP contribution in [0.5, 0.6) is 0 Å². The average molecular weight is 340 g/mol. The first kappa shape index (κ1) is 13.8. The number of alkyl halides is 1. The van der Waals surface area contributed by atoms with Gasteiger partial charge in [-0.3, -0.25) is 4.98 Å². The van der Waals surface area contributed by atoms with Crippen LogP contribution in [0.4, 0.5) is 5.69 Å². The van der Waals surface area contributed by atoms with E-state index in [-0.39, 0.29) is 10.6 Å². The molecule has 1 heterocycles. The van der Waals surface area contributed by atoms with E-state index in [1.807, 2.05) is 0 Å². The van der Waals surface area contributed by atoms with Gasteiger partial charge in [0, 0.05) is 10.7 Å². The summed E-state index contributed by atoms with van der Waals surface area (Å²) in [4.78, 5) is 19.5. The van der Waals surface area contributed by atoms with Crippen molar-refractivity contribution in [3.05, 3.63) is 45.9 Å². The van der Waals surface area contributed by atoms with Crippen molar-refractivity contribution in [2.24, 2.45) is 0 Å². The summed E-state index contributed by atoms with van der Waals surface area (Å²) in [5.41, 5.74) is 1.83. The van der Waals surface area contributed by atoms with Crippen molar-refractivity contribution < 1.29 is 9.53 Å². The molecule has 2 rings (SSSR count). The Hall–Kier alpha value is -1.64. The van der Waals surface area contributed by atoms with E-state index in [2.05, 4.69) is 25.8 Å². The molecule has 0 bridgehead atoms. The van der Waals surface area contributed by atoms with Crippen molar-refractivity contribution in [3.8, 4) is 0 Å². The predicted molar refractivity (Wildman–Crippen MR) is 77.0 cm³/mol. The van der Waals surface area contributed by atoms with Gasteiger partial charge in [-0.05, 0) is 12.1 Å². The molecule has 1 aromatic heterocycles. The normalized spacial score (nSPS) is 10.2. The molecule has 2 aromatic rings. The van der Waals surface area contributed by atoms with Crippen LogP contribution in [-0.4, -0.2) is 18.1 Å². The Bertz CT molecular complexity index is 710. The number of fused-ring (bicyclic) bond motifs is 1. The van der Waals surface area contributed by atoms with E-state index in [1.165, 1.54) is 7.11 Å². The quantitative estimate of drug-likeness (QED) is 0.469. The Morgan fingerprint density at radius 3 is 2.89 bits per heavy atom. The third kappa shape index (κ3) is 2.42. The van der Waals surface area contributed by atoms with Gasteiger partial charge in [0.1, 0.15) is 5.56 Å². The molecule has 19 heavy (non-hydrogen) atoms. The van der Waals surface area contributed by atoms with Crippen LogP contribution in [0, 0.1) is 6.57 Å². The standard InChI is InChI=1S/C13H8BrClN2O2/c1-16-7-3-4-9-8(5-7)12(15)11(13(18)19-2)10(6-14)17-9/h3-5H,6H2,2H3. The van der Waals surface area contributed by atoms with Crippen LogP contribution in [0.25, 0.3) is 15.7 Å². The third-order valence-corrected chi connectivity index (χ3v) is 3.55. The van der Waals surface area contributed by atoms with E-state index in [0.717, 1.165) is 0 Å². The second kappa shape index (κ2) is 5.55. The van der Waals surface area contributed by atoms with Crippen LogP contribution in [0.2, 0.25) is 5.02 Å². The summed E-state index contributed by atoms with van der Waals surface area (Å²) in [6.07, 6.45) is 0. The van der Waals surface area contributed by atoms with Crippen LogP contribution in [0.3, 0.4) is 0 Å². The van der Waals surface area contributed by atoms with Crippen molar-refractivity contribution in [2.75, 3.05) is 7.11 Å². The van der Waals surface area contributed by atoms with Gasteiger partial charge in [0.2, 0.25) is 0 Å². The van der Waals surface area contributed by atoms with Crippen molar-refractivity contribution in [3.63, 3.8) is 0 Å². The smallest absolute Gasteiger partial charge is 0.341 e. The highest BCUT2D eigenvalue weighted by atomic mass is 79.9. The Labute approximate surface area is 123 Å². The first-order chi connectivity index (χ1) is 9.12. The molecule has 0 radical (unpaired) electrons. The zero-order chi connectivity index (χ0) is 14.0. The number of carbonyl (C=O) groups excluding carboxylic acids is 1. The number of hydrogen-bond donors (Lipinski definition) is 0. The zero-order valence-electron chi connectivity index (χ0n) is 9.91. The Kier molecular flexibility index (Phi) is 4.03. The lowest BCUT2D eigenvalue weighted by Gasteiger charge is -2.10. The van der Waals surface area contributed by atoms with Gasteiger partial charge in [-0.15, -0.1) is 0 Å². The van der Waals surface area contributed by atoms with Crippen molar-refractivity contribution in [1.29, 1.82) is 0 Å². The number of esters is 1. The summed E-state index contributed by atoms with van der Waals surface area (Å²) in [6.45, 7) is 7.00. The van der Waals surface area contributed by atoms with Gasteiger partial charge < -0.3 is 4.74 Å². The maximum absolute atomic E-state index is 11.8. The van der Waals surface area contributed by atoms with E-state index < -0.39 is 5.97 Å². The molecule has 0 fully saturated rings. The van der Waals surface area contributed by atoms with Crippen molar-refractivity contribution in [1.82, 2.24) is 4.98 Å². The van der Waals surface area contributed by atoms with Gasteiger partial charge >= 0.3 is 5.97 Å². The predicted octanol–water partition coefficient (Wildman–Crippen LogP) is 4.12. The second-order valence-electron chi connectivity index (χ2n) is 3.69. The highest BCUT2D eigenvalue weighted by Gasteiger charge is 2.20. The number of rotatable bonds is 2. The van der Waals surface area contributed by atoms with Crippen LogP contribution in [0.15, 0.2) is 18.2 Å². The molecular formula is C13H8BrClN2O2. The molecular weight excluding hydrogens is 332 g/mol. The fraction of sp³-hybridized carbons (Fsp3) is 0.154. The molecule has 96 valence electrons. The average Bonchev–Trinajstić information content (AvgIpc) is 2.45. The lowest BCUT2D eigenvalue weighted by atomic mass is 10.1. The molecule has 0 aliphatic carbocycles. The fourth-order valence-electron chi connectivity index (χ4n) is 1.74. The molecule has 0 aliphatic heterocycles. The fourth-order valence-corrected chi connectivity index (χ4v) is 2.48. The molecule has 0 saturated heterocycles. The number of carbonyl (C=O) groups is 1. The number of ether oxygens (including phenoxy) is 1. The maximum Gasteiger partial charge on any atom is 0.341 e. The second-order valence-corrected chi connectivity index (χ2v) is 4.62. The van der Waals surface area contributed by atoms with E-state index >= 15 is 0 Å². The lowest BCUT2D eigenvalue weighted by molar-refractivity contribution is 0.0599. The molecule has 0 unspecified atom stereocenters. The lowest BCUT2D eigenvalue weighted by Crippen LogP contribution is -2.08. The number of halogens is 2. The Morgan fingerprint density at radius 2 is 2.32 bits per heavy atom. The Balaban J connectivity index is 2.84. The highest BCUT2D eigenvalue weighted by Crippen LogP contribution is 2.32. The van der Waals surface area contributed by atoms with Gasteiger partial charge in [-0.1, -0.05) is 33.6 Å². The van der Waals surface area contributed by atoms with Gasteiger partial charge in [-0.25, -0.2) is 9.64 Å². The molecule has 6 heteroatoms. The van der Waals surface area contributed by atoms with E-state index in [9.17, 15) is 4.79 Å². The highest BCUT2D eigenvalue weighted by molar-refractivity contribution is 9.08. The SMILES string of the molecule is [C-]#[N+]c1ccc2nc(CBr)c(C(=O)OC)c(Cl)c2c1. The molecule has 0 aliphatic rings. The first-order valence-corrected chi connectivity index (χ1v) is 6.76. The van der Waals surface area contributed by atoms with Gasteiger partial charge in [0.05, 0.1) is 29.9 Å². The topological polar surface area (TPSA) is 43.5 Å². The minimum atomic E-state index is -0.540. The zero-order valence-corrected chi connectivity index (χ0v) is 12.2. The number of nitrogens with zero attached hydrogens (tertiary/aromatic N) is 2. The summed E-state index contributed by atoms with van der Waals surface area (Å²) in [6, 6.07) is 4.98. The number of pyridine rings is 1. The monoisotopic (exact) mass is 338 g/mol. The molecule has 0 amide bonds. The molecule has 0 saturated carbocycles. The summed E-state index contributed by atoms with van der Waals surface area (Å²) >= 11 is 9.54. The molecule has 4 nitrogen and oxygen atoms in total. The number of aromatic nitrogens is 1. The van der Waals surface area contributed by atoms with Crippen LogP contribution in [-0.2, 0) is 10.1 Å². The Morgan fingerprint density at radius 1 is 1.58 bits per heavy atom. The summed E-state index contributed by atoms with van der Waals surface area (Å²) in [5.74, 6) is -0.540. The summed E-state index contributed by atoms with van der Waals surface area (Å²) < 4.78 is 4.72. The maximum atomic E-state index is 11.8. The van der Waals surface area contributed by atoms with E-state index in [4.69, 9.17) is 22.9 Å². The number of methoxy groups -OCH3 is 1. The molecule has 0 spiro atoms. The molecule has 1 aromatic carbocycles. The largest absolute Gasteiger partial charge is 0.465 e. The minimum absolute atomic E-state index is 0.232. The van der Waals surface area contributed by atoms with Gasteiger partial charge in [0.15, 0.2) is 5.69 Å². The number of benzene rings is 1. The molecule has 0 N–H and O–H groups in total. The number of hydrogen-bond acceptors (Lipinski definition) is 3. The summed E-state index contributed by atoms with van der Waals surface area (Å²) in [7, 11) is 1.29. The first-order valence-electron chi connectivity index (χ1n) is 5.26.